The van der Waals surface area contributed by atoms with Gasteiger partial charge in [0.25, 0.3) is 0 Å². The number of rotatable bonds is 4. The lowest BCUT2D eigenvalue weighted by Gasteiger charge is -2.09. The van der Waals surface area contributed by atoms with Gasteiger partial charge in [-0.25, -0.2) is 4.79 Å². The maximum absolute atomic E-state index is 11.8. The first-order chi connectivity index (χ1) is 7.06. The van der Waals surface area contributed by atoms with E-state index in [4.69, 9.17) is 4.74 Å². The molecule has 1 saturated carbocycles. The highest BCUT2D eigenvalue weighted by molar-refractivity contribution is 6.17. The highest BCUT2D eigenvalue weighted by Crippen LogP contribution is 2.32. The third kappa shape index (κ3) is 2.91. The number of carbonyl (C=O) groups excluding carboxylic acids is 2. The van der Waals surface area contributed by atoms with Gasteiger partial charge in [0.1, 0.15) is 0 Å². The van der Waals surface area contributed by atoms with Crippen molar-refractivity contribution in [2.75, 3.05) is 6.61 Å². The van der Waals surface area contributed by atoms with E-state index in [2.05, 4.69) is 13.5 Å². The van der Waals surface area contributed by atoms with Crippen LogP contribution in [0.15, 0.2) is 12.2 Å². The normalized spacial score (nSPS) is 24.9. The molecule has 0 heterocycles. The zero-order valence-electron chi connectivity index (χ0n) is 9.41. The Morgan fingerprint density at radius 3 is 2.53 bits per heavy atom. The lowest BCUT2D eigenvalue weighted by Crippen LogP contribution is -2.20. The van der Waals surface area contributed by atoms with Crippen LogP contribution in [-0.2, 0) is 14.3 Å². The van der Waals surface area contributed by atoms with Crippen LogP contribution >= 0.6 is 0 Å². The topological polar surface area (TPSA) is 43.4 Å². The van der Waals surface area contributed by atoms with Gasteiger partial charge in [-0.1, -0.05) is 13.5 Å². The second kappa shape index (κ2) is 5.10. The van der Waals surface area contributed by atoms with E-state index in [1.54, 1.807) is 6.92 Å². The first-order valence-electron chi connectivity index (χ1n) is 5.46. The Hall–Kier alpha value is -1.12. The van der Waals surface area contributed by atoms with E-state index in [-0.39, 0.29) is 23.9 Å². The summed E-state index contributed by atoms with van der Waals surface area (Å²) in [5.41, 5.74) is 0.0101. The number of ketones is 1. The van der Waals surface area contributed by atoms with Gasteiger partial charge in [-0.15, -0.1) is 0 Å². The Morgan fingerprint density at radius 1 is 1.40 bits per heavy atom. The number of carbonyl (C=O) groups is 2. The quantitative estimate of drug-likeness (QED) is 0.309. The Labute approximate surface area is 90.5 Å². The van der Waals surface area contributed by atoms with Crippen molar-refractivity contribution in [1.29, 1.82) is 0 Å². The predicted molar refractivity (Wildman–Crippen MR) is 57.3 cm³/mol. The van der Waals surface area contributed by atoms with Crippen molar-refractivity contribution in [2.45, 2.75) is 33.1 Å². The molecule has 0 spiro atoms. The molecule has 84 valence electrons. The van der Waals surface area contributed by atoms with Crippen LogP contribution in [0.3, 0.4) is 0 Å². The molecule has 0 bridgehead atoms. The molecule has 1 aliphatic carbocycles. The molecule has 3 heteroatoms. The fraction of sp³-hybridized carbons (Fsp3) is 0.667. The van der Waals surface area contributed by atoms with Crippen molar-refractivity contribution in [3.8, 4) is 0 Å². The number of hydrogen-bond acceptors (Lipinski definition) is 3. The molecule has 1 aliphatic rings. The maximum Gasteiger partial charge on any atom is 0.341 e. The van der Waals surface area contributed by atoms with Crippen LogP contribution in [0, 0.1) is 11.8 Å². The average molecular weight is 210 g/mol. The van der Waals surface area contributed by atoms with Crippen LogP contribution in [0.2, 0.25) is 0 Å². The summed E-state index contributed by atoms with van der Waals surface area (Å²) in [6.45, 7) is 7.64. The average Bonchev–Trinajstić information content (AvgIpc) is 2.63. The molecule has 0 radical (unpaired) electrons. The predicted octanol–water partition coefficient (Wildman–Crippen LogP) is 2.11. The standard InChI is InChI=1S/C12H18O3/c1-4-15-12(14)9(3)11(13)10-6-5-8(2)7-10/h8,10H,3-7H2,1-2H3. The molecule has 1 rings (SSSR count). The second-order valence-corrected chi connectivity index (χ2v) is 4.18. The van der Waals surface area contributed by atoms with Gasteiger partial charge in [-0.2, -0.15) is 0 Å². The van der Waals surface area contributed by atoms with Crippen LogP contribution < -0.4 is 0 Å². The Balaban J connectivity index is 2.53. The summed E-state index contributed by atoms with van der Waals surface area (Å²) in [5, 5.41) is 0. The summed E-state index contributed by atoms with van der Waals surface area (Å²) in [6.07, 6.45) is 2.81. The van der Waals surface area contributed by atoms with Crippen LogP contribution in [0.1, 0.15) is 33.1 Å². The Kier molecular flexibility index (Phi) is 4.06. The zero-order chi connectivity index (χ0) is 11.4. The van der Waals surface area contributed by atoms with Crippen LogP contribution in [-0.4, -0.2) is 18.4 Å². The Morgan fingerprint density at radius 2 is 2.07 bits per heavy atom. The fourth-order valence-corrected chi connectivity index (χ4v) is 2.01. The van der Waals surface area contributed by atoms with E-state index in [0.29, 0.717) is 5.92 Å². The van der Waals surface area contributed by atoms with Crippen LogP contribution in [0.4, 0.5) is 0 Å². The van der Waals surface area contributed by atoms with Gasteiger partial charge in [0.2, 0.25) is 0 Å². The third-order valence-electron chi connectivity index (χ3n) is 2.88. The van der Waals surface area contributed by atoms with Crippen molar-refractivity contribution in [1.82, 2.24) is 0 Å². The molecule has 0 saturated heterocycles. The van der Waals surface area contributed by atoms with Crippen molar-refractivity contribution in [3.63, 3.8) is 0 Å². The molecule has 0 aliphatic heterocycles. The minimum atomic E-state index is -0.568. The van der Waals surface area contributed by atoms with Crippen molar-refractivity contribution >= 4 is 11.8 Å². The highest BCUT2D eigenvalue weighted by Gasteiger charge is 2.31. The SMILES string of the molecule is C=C(C(=O)OCC)C(=O)C1CCC(C)C1. The molecule has 1 fully saturated rings. The van der Waals surface area contributed by atoms with E-state index >= 15 is 0 Å². The molecule has 0 aromatic carbocycles. The van der Waals surface area contributed by atoms with E-state index in [9.17, 15) is 9.59 Å². The van der Waals surface area contributed by atoms with Gasteiger partial charge in [-0.3, -0.25) is 4.79 Å². The van der Waals surface area contributed by atoms with E-state index in [0.717, 1.165) is 19.3 Å². The largest absolute Gasteiger partial charge is 0.462 e. The second-order valence-electron chi connectivity index (χ2n) is 4.18. The van der Waals surface area contributed by atoms with E-state index in [1.807, 2.05) is 0 Å². The third-order valence-corrected chi connectivity index (χ3v) is 2.88. The number of Topliss-reactive ketones (excluding diaryl/α,β-unsaturated/α-hetero) is 1. The molecule has 0 amide bonds. The fourth-order valence-electron chi connectivity index (χ4n) is 2.01. The summed E-state index contributed by atoms with van der Waals surface area (Å²) in [6, 6.07) is 0. The van der Waals surface area contributed by atoms with Gasteiger partial charge in [0.05, 0.1) is 12.2 Å². The van der Waals surface area contributed by atoms with Crippen LogP contribution in [0.25, 0.3) is 0 Å². The number of ether oxygens (including phenoxy) is 1. The molecule has 0 aromatic heterocycles. The molecule has 2 unspecified atom stereocenters. The van der Waals surface area contributed by atoms with Gasteiger partial charge in [0.15, 0.2) is 5.78 Å². The molecule has 0 N–H and O–H groups in total. The Bertz CT molecular complexity index is 281. The summed E-state index contributed by atoms with van der Waals surface area (Å²) in [4.78, 5) is 23.1. The number of esters is 1. The minimum Gasteiger partial charge on any atom is -0.462 e. The summed E-state index contributed by atoms with van der Waals surface area (Å²) < 4.78 is 4.75. The monoisotopic (exact) mass is 210 g/mol. The lowest BCUT2D eigenvalue weighted by molar-refractivity contribution is -0.140. The van der Waals surface area contributed by atoms with Gasteiger partial charge < -0.3 is 4.74 Å². The summed E-state index contributed by atoms with van der Waals surface area (Å²) in [5.74, 6) is -0.134. The maximum atomic E-state index is 11.8. The minimum absolute atomic E-state index is 0.0101. The van der Waals surface area contributed by atoms with Gasteiger partial charge in [-0.05, 0) is 32.1 Å². The van der Waals surface area contributed by atoms with Crippen molar-refractivity contribution < 1.29 is 14.3 Å². The first-order valence-corrected chi connectivity index (χ1v) is 5.46. The molecule has 3 nitrogen and oxygen atoms in total. The van der Waals surface area contributed by atoms with E-state index < -0.39 is 5.97 Å². The van der Waals surface area contributed by atoms with E-state index in [1.165, 1.54) is 0 Å². The summed E-state index contributed by atoms with van der Waals surface area (Å²) >= 11 is 0. The smallest absolute Gasteiger partial charge is 0.341 e. The zero-order valence-corrected chi connectivity index (χ0v) is 9.41. The lowest BCUT2D eigenvalue weighted by atomic mass is 9.96. The van der Waals surface area contributed by atoms with Gasteiger partial charge in [0, 0.05) is 5.92 Å². The summed E-state index contributed by atoms with van der Waals surface area (Å²) in [7, 11) is 0. The first kappa shape index (κ1) is 12.0. The molecule has 0 aromatic rings. The molecular weight excluding hydrogens is 192 g/mol. The van der Waals surface area contributed by atoms with Crippen LogP contribution in [0.5, 0.6) is 0 Å². The van der Waals surface area contributed by atoms with Gasteiger partial charge >= 0.3 is 5.97 Å². The van der Waals surface area contributed by atoms with Crippen molar-refractivity contribution in [2.24, 2.45) is 11.8 Å². The highest BCUT2D eigenvalue weighted by atomic mass is 16.5. The molecule has 15 heavy (non-hydrogen) atoms. The molecule has 2 atom stereocenters. The molecular formula is C12H18O3. The number of hydrogen-bond donors (Lipinski definition) is 0. The van der Waals surface area contributed by atoms with Crippen molar-refractivity contribution in [3.05, 3.63) is 12.2 Å².